The second kappa shape index (κ2) is 7.29. The van der Waals surface area contributed by atoms with Crippen LogP contribution in [-0.4, -0.2) is 37.1 Å². The molecule has 0 aromatic rings. The number of nitrogens with zero attached hydrogens (tertiary/aromatic N) is 1. The molecule has 0 aromatic carbocycles. The number of likely N-dealkylation sites (tertiary alicyclic amines) is 1. The van der Waals surface area contributed by atoms with E-state index in [1.165, 1.54) is 38.9 Å². The van der Waals surface area contributed by atoms with Crippen molar-refractivity contribution >= 4 is 0 Å². The maximum absolute atomic E-state index is 3.65. The molecule has 2 nitrogen and oxygen atoms in total. The molecule has 0 radical (unpaired) electrons. The minimum absolute atomic E-state index is 0.767. The highest BCUT2D eigenvalue weighted by atomic mass is 15.1. The zero-order chi connectivity index (χ0) is 12.0. The Labute approximate surface area is 102 Å². The first-order chi connectivity index (χ1) is 7.71. The van der Waals surface area contributed by atoms with Crippen molar-refractivity contribution < 1.29 is 0 Å². The molecule has 16 heavy (non-hydrogen) atoms. The average molecular weight is 226 g/mol. The monoisotopic (exact) mass is 226 g/mol. The summed E-state index contributed by atoms with van der Waals surface area (Å²) in [6.45, 7) is 14.2. The second-order valence-corrected chi connectivity index (χ2v) is 5.39. The molecule has 1 saturated heterocycles. The van der Waals surface area contributed by atoms with E-state index in [1.807, 2.05) is 0 Å². The van der Waals surface area contributed by atoms with Gasteiger partial charge in [-0.15, -0.1) is 0 Å². The Morgan fingerprint density at radius 2 is 2.06 bits per heavy atom. The van der Waals surface area contributed by atoms with Crippen molar-refractivity contribution in [2.45, 2.75) is 53.0 Å². The highest BCUT2D eigenvalue weighted by Crippen LogP contribution is 2.21. The maximum Gasteiger partial charge on any atom is 0.0119 e. The fourth-order valence-electron chi connectivity index (χ4n) is 2.79. The van der Waals surface area contributed by atoms with E-state index >= 15 is 0 Å². The predicted molar refractivity (Wildman–Crippen MR) is 71.8 cm³/mol. The van der Waals surface area contributed by atoms with Gasteiger partial charge in [-0.1, -0.05) is 40.5 Å². The SMILES string of the molecule is CCNC1CCN(CC(C)CC)CC1CC. The van der Waals surface area contributed by atoms with Crippen LogP contribution in [0.3, 0.4) is 0 Å². The molecule has 1 aliphatic rings. The quantitative estimate of drug-likeness (QED) is 0.749. The summed E-state index contributed by atoms with van der Waals surface area (Å²) in [7, 11) is 0. The fourth-order valence-corrected chi connectivity index (χ4v) is 2.79. The average Bonchev–Trinajstić information content (AvgIpc) is 2.31. The van der Waals surface area contributed by atoms with E-state index < -0.39 is 0 Å². The van der Waals surface area contributed by atoms with Gasteiger partial charge in [0.25, 0.3) is 0 Å². The van der Waals surface area contributed by atoms with E-state index in [4.69, 9.17) is 0 Å². The summed E-state index contributed by atoms with van der Waals surface area (Å²) in [4.78, 5) is 2.68. The van der Waals surface area contributed by atoms with Crippen LogP contribution in [0.5, 0.6) is 0 Å². The maximum atomic E-state index is 3.65. The number of hydrogen-bond donors (Lipinski definition) is 1. The molecule has 96 valence electrons. The molecule has 0 aliphatic carbocycles. The first-order valence-electron chi connectivity index (χ1n) is 7.16. The van der Waals surface area contributed by atoms with Crippen molar-refractivity contribution in [1.82, 2.24) is 10.2 Å². The van der Waals surface area contributed by atoms with Crippen molar-refractivity contribution in [3.05, 3.63) is 0 Å². The van der Waals surface area contributed by atoms with E-state index in [2.05, 4.69) is 37.9 Å². The van der Waals surface area contributed by atoms with Gasteiger partial charge in [-0.2, -0.15) is 0 Å². The van der Waals surface area contributed by atoms with Crippen molar-refractivity contribution in [3.8, 4) is 0 Å². The first-order valence-corrected chi connectivity index (χ1v) is 7.16. The predicted octanol–water partition coefficient (Wildman–Crippen LogP) is 2.74. The molecule has 1 rings (SSSR count). The molecule has 0 bridgehead atoms. The number of piperidine rings is 1. The van der Waals surface area contributed by atoms with Crippen molar-refractivity contribution in [2.24, 2.45) is 11.8 Å². The largest absolute Gasteiger partial charge is 0.314 e. The lowest BCUT2D eigenvalue weighted by molar-refractivity contribution is 0.121. The smallest absolute Gasteiger partial charge is 0.0119 e. The third-order valence-electron chi connectivity index (χ3n) is 4.08. The Morgan fingerprint density at radius 3 is 2.62 bits per heavy atom. The lowest BCUT2D eigenvalue weighted by Gasteiger charge is -2.39. The summed E-state index contributed by atoms with van der Waals surface area (Å²) in [5.41, 5.74) is 0. The van der Waals surface area contributed by atoms with Crippen LogP contribution in [0.25, 0.3) is 0 Å². The summed E-state index contributed by atoms with van der Waals surface area (Å²) >= 11 is 0. The fraction of sp³-hybridized carbons (Fsp3) is 1.00. The van der Waals surface area contributed by atoms with E-state index in [1.54, 1.807) is 0 Å². The Kier molecular flexibility index (Phi) is 6.37. The standard InChI is InChI=1S/C14H30N2/c1-5-12(4)10-16-9-8-14(15-7-3)13(6-2)11-16/h12-15H,5-11H2,1-4H3. The normalized spacial score (nSPS) is 29.2. The molecule has 0 spiro atoms. The highest BCUT2D eigenvalue weighted by Gasteiger charge is 2.27. The molecular weight excluding hydrogens is 196 g/mol. The van der Waals surface area contributed by atoms with Gasteiger partial charge in [-0.25, -0.2) is 0 Å². The lowest BCUT2D eigenvalue weighted by Crippen LogP contribution is -2.49. The zero-order valence-corrected chi connectivity index (χ0v) is 11.6. The van der Waals surface area contributed by atoms with Gasteiger partial charge < -0.3 is 10.2 Å². The number of hydrogen-bond acceptors (Lipinski definition) is 2. The molecule has 3 atom stereocenters. The van der Waals surface area contributed by atoms with Gasteiger partial charge in [0.15, 0.2) is 0 Å². The molecule has 0 saturated carbocycles. The van der Waals surface area contributed by atoms with Gasteiger partial charge in [0.1, 0.15) is 0 Å². The molecule has 1 fully saturated rings. The van der Waals surface area contributed by atoms with Gasteiger partial charge in [-0.3, -0.25) is 0 Å². The van der Waals surface area contributed by atoms with E-state index in [0.717, 1.165) is 24.4 Å². The summed E-state index contributed by atoms with van der Waals surface area (Å²) in [5, 5.41) is 3.65. The van der Waals surface area contributed by atoms with Gasteiger partial charge >= 0.3 is 0 Å². The van der Waals surface area contributed by atoms with Gasteiger partial charge in [0, 0.05) is 19.1 Å². The van der Waals surface area contributed by atoms with E-state index in [9.17, 15) is 0 Å². The van der Waals surface area contributed by atoms with Crippen LogP contribution in [0.2, 0.25) is 0 Å². The Balaban J connectivity index is 2.39. The van der Waals surface area contributed by atoms with E-state index in [-0.39, 0.29) is 0 Å². The summed E-state index contributed by atoms with van der Waals surface area (Å²) in [6, 6.07) is 0.767. The first kappa shape index (κ1) is 14.0. The topological polar surface area (TPSA) is 15.3 Å². The Hall–Kier alpha value is -0.0800. The minimum Gasteiger partial charge on any atom is -0.314 e. The molecule has 3 unspecified atom stereocenters. The van der Waals surface area contributed by atoms with Crippen molar-refractivity contribution in [2.75, 3.05) is 26.2 Å². The lowest BCUT2D eigenvalue weighted by atomic mass is 9.89. The van der Waals surface area contributed by atoms with E-state index in [0.29, 0.717) is 0 Å². The van der Waals surface area contributed by atoms with Crippen LogP contribution in [0.15, 0.2) is 0 Å². The Bertz CT molecular complexity index is 182. The van der Waals surface area contributed by atoms with Crippen LogP contribution in [0, 0.1) is 11.8 Å². The summed E-state index contributed by atoms with van der Waals surface area (Å²) in [6.07, 6.45) is 3.96. The van der Waals surface area contributed by atoms with Crippen LogP contribution in [0.1, 0.15) is 47.0 Å². The van der Waals surface area contributed by atoms with Gasteiger partial charge in [0.05, 0.1) is 0 Å². The third kappa shape index (κ3) is 4.06. The second-order valence-electron chi connectivity index (χ2n) is 5.39. The number of rotatable bonds is 6. The number of nitrogens with one attached hydrogen (secondary N) is 1. The van der Waals surface area contributed by atoms with Crippen LogP contribution in [-0.2, 0) is 0 Å². The van der Waals surface area contributed by atoms with Crippen LogP contribution >= 0.6 is 0 Å². The van der Waals surface area contributed by atoms with Crippen molar-refractivity contribution in [3.63, 3.8) is 0 Å². The summed E-state index contributed by atoms with van der Waals surface area (Å²) in [5.74, 6) is 1.71. The zero-order valence-electron chi connectivity index (χ0n) is 11.6. The van der Waals surface area contributed by atoms with Crippen LogP contribution < -0.4 is 5.32 Å². The molecule has 0 amide bonds. The molecule has 1 aliphatic heterocycles. The van der Waals surface area contributed by atoms with Crippen LogP contribution in [0.4, 0.5) is 0 Å². The Morgan fingerprint density at radius 1 is 1.31 bits per heavy atom. The minimum atomic E-state index is 0.767. The summed E-state index contributed by atoms with van der Waals surface area (Å²) < 4.78 is 0. The molecule has 2 heteroatoms. The molecule has 1 N–H and O–H groups in total. The van der Waals surface area contributed by atoms with Crippen molar-refractivity contribution in [1.29, 1.82) is 0 Å². The van der Waals surface area contributed by atoms with Gasteiger partial charge in [0.2, 0.25) is 0 Å². The highest BCUT2D eigenvalue weighted by molar-refractivity contribution is 4.84. The van der Waals surface area contributed by atoms with Gasteiger partial charge in [-0.05, 0) is 31.3 Å². The molecular formula is C14H30N2. The third-order valence-corrected chi connectivity index (χ3v) is 4.08. The molecule has 0 aromatic heterocycles. The molecule has 1 heterocycles.